The molecule has 2 aromatic carbocycles. The van der Waals surface area contributed by atoms with E-state index in [1.165, 1.54) is 18.2 Å². The first-order chi connectivity index (χ1) is 13.6. The van der Waals surface area contributed by atoms with Crippen LogP contribution in [0.5, 0.6) is 0 Å². The van der Waals surface area contributed by atoms with E-state index >= 15 is 0 Å². The van der Waals surface area contributed by atoms with Crippen molar-refractivity contribution in [3.63, 3.8) is 0 Å². The fourth-order valence-corrected chi connectivity index (χ4v) is 5.12. The van der Waals surface area contributed by atoms with Gasteiger partial charge in [-0.05, 0) is 42.3 Å². The normalized spacial score (nSPS) is 12.5. The third-order valence-corrected chi connectivity index (χ3v) is 7.16. The maximum absolute atomic E-state index is 12.0. The van der Waals surface area contributed by atoms with Crippen molar-refractivity contribution in [2.75, 3.05) is 10.6 Å². The van der Waals surface area contributed by atoms with Gasteiger partial charge in [0.1, 0.15) is 4.88 Å². The van der Waals surface area contributed by atoms with E-state index in [1.807, 2.05) is 0 Å². The van der Waals surface area contributed by atoms with Gasteiger partial charge in [-0.2, -0.15) is 0 Å². The zero-order chi connectivity index (χ0) is 21.3. The van der Waals surface area contributed by atoms with Crippen LogP contribution in [0.25, 0.3) is 10.4 Å². The van der Waals surface area contributed by atoms with Gasteiger partial charge in [-0.25, -0.2) is 13.2 Å². The summed E-state index contributed by atoms with van der Waals surface area (Å²) in [6, 6.07) is 14.2. The molecular weight excluding hydrogens is 434 g/mol. The molecule has 0 saturated carbocycles. The Morgan fingerprint density at radius 3 is 2.24 bits per heavy atom. The molecule has 1 N–H and O–H groups in total. The van der Waals surface area contributed by atoms with Gasteiger partial charge < -0.3 is 9.66 Å². The maximum Gasteiger partial charge on any atom is 0.348 e. The number of benzene rings is 2. The second-order valence-electron chi connectivity index (χ2n) is 6.22. The first-order valence-electron chi connectivity index (χ1n) is 8.22. The first-order valence-corrected chi connectivity index (χ1v) is 12.0. The van der Waals surface area contributed by atoms with Crippen LogP contribution in [0.1, 0.15) is 15.2 Å². The quantitative estimate of drug-likeness (QED) is 0.572. The fourth-order valence-electron chi connectivity index (χ4n) is 2.78. The van der Waals surface area contributed by atoms with Crippen molar-refractivity contribution in [1.82, 2.24) is 0 Å². The zero-order valence-electron chi connectivity index (χ0n) is 15.4. The van der Waals surface area contributed by atoms with Crippen LogP contribution in [0.3, 0.4) is 0 Å². The van der Waals surface area contributed by atoms with Crippen LogP contribution in [0.2, 0.25) is 0 Å². The minimum Gasteiger partial charge on any atom is -0.755 e. The molecule has 10 heteroatoms. The fraction of sp³-hybridized carbons (Fsp3) is 0.105. The lowest BCUT2D eigenvalue weighted by atomic mass is 10.1. The summed E-state index contributed by atoms with van der Waals surface area (Å²) in [5, 5.41) is 9.63. The monoisotopic (exact) mass is 450 g/mol. The molecule has 1 aromatic heterocycles. The number of aryl methyl sites for hydroxylation is 1. The number of hydrogen-bond acceptors (Lipinski definition) is 6. The van der Waals surface area contributed by atoms with E-state index in [4.69, 9.17) is 0 Å². The maximum atomic E-state index is 12.0. The molecule has 1 unspecified atom stereocenters. The van der Waals surface area contributed by atoms with Crippen LogP contribution in [0.4, 0.5) is 11.4 Å². The van der Waals surface area contributed by atoms with E-state index in [0.29, 0.717) is 21.7 Å². The molecule has 0 radical (unpaired) electrons. The molecule has 152 valence electrons. The molecular formula is C19H16NO6S3-. The van der Waals surface area contributed by atoms with Gasteiger partial charge in [0.25, 0.3) is 0 Å². The highest BCUT2D eigenvalue weighted by molar-refractivity contribution is 7.90. The smallest absolute Gasteiger partial charge is 0.348 e. The van der Waals surface area contributed by atoms with Crippen molar-refractivity contribution in [1.29, 1.82) is 0 Å². The Morgan fingerprint density at radius 1 is 1.10 bits per heavy atom. The SMILES string of the molecule is Cc1ccccc1N(c1cc(-c2ccc(S(C)(=O)=O)cc2)sc1C(=O)O)S(=O)[O-]. The van der Waals surface area contributed by atoms with Crippen molar-refractivity contribution >= 4 is 49.8 Å². The van der Waals surface area contributed by atoms with Crippen molar-refractivity contribution in [2.45, 2.75) is 11.8 Å². The third-order valence-electron chi connectivity index (χ3n) is 4.18. The Hall–Kier alpha value is -2.53. The van der Waals surface area contributed by atoms with Gasteiger partial charge in [-0.15, -0.1) is 11.3 Å². The largest absolute Gasteiger partial charge is 0.755 e. The number of anilines is 2. The predicted octanol–water partition coefficient (Wildman–Crippen LogP) is 3.76. The number of aromatic carboxylic acids is 1. The van der Waals surface area contributed by atoms with E-state index in [2.05, 4.69) is 0 Å². The Labute approximate surface area is 174 Å². The molecule has 0 aliphatic rings. The summed E-state index contributed by atoms with van der Waals surface area (Å²) in [6.07, 6.45) is 1.09. The molecule has 7 nitrogen and oxygen atoms in total. The number of thiophene rings is 1. The number of rotatable bonds is 6. The van der Waals surface area contributed by atoms with E-state index in [9.17, 15) is 27.1 Å². The number of carboxylic acids is 1. The van der Waals surface area contributed by atoms with Gasteiger partial charge in [0.05, 0.1) is 27.5 Å². The summed E-state index contributed by atoms with van der Waals surface area (Å²) in [6.45, 7) is 1.73. The third kappa shape index (κ3) is 4.40. The summed E-state index contributed by atoms with van der Waals surface area (Å²) in [5.74, 6) is -1.26. The summed E-state index contributed by atoms with van der Waals surface area (Å²) < 4.78 is 48.2. The molecule has 3 rings (SSSR count). The summed E-state index contributed by atoms with van der Waals surface area (Å²) in [7, 11) is -3.36. The molecule has 0 amide bonds. The molecule has 0 bridgehead atoms. The van der Waals surface area contributed by atoms with Gasteiger partial charge in [0, 0.05) is 11.1 Å². The van der Waals surface area contributed by atoms with E-state index in [1.54, 1.807) is 43.3 Å². The topological polar surface area (TPSA) is 115 Å². The Bertz CT molecular complexity index is 1200. The number of carboxylic acid groups (broad SMARTS) is 1. The highest BCUT2D eigenvalue weighted by Crippen LogP contribution is 2.41. The van der Waals surface area contributed by atoms with Crippen molar-refractivity contribution in [2.24, 2.45) is 0 Å². The highest BCUT2D eigenvalue weighted by atomic mass is 32.2. The molecule has 0 fully saturated rings. The number of para-hydroxylation sites is 1. The zero-order valence-corrected chi connectivity index (χ0v) is 17.8. The first kappa shape index (κ1) is 21.2. The molecule has 29 heavy (non-hydrogen) atoms. The standard InChI is InChI=1S/C19H17NO6S3/c1-12-5-3-4-6-15(12)20(28(23)24)16-11-17(27-18(16)19(21)22)13-7-9-14(10-8-13)29(2,25)26/h3-11H,1-2H3,(H,21,22)(H,23,24)/p-1. The van der Waals surface area contributed by atoms with Crippen molar-refractivity contribution in [3.8, 4) is 10.4 Å². The van der Waals surface area contributed by atoms with Gasteiger partial charge in [-0.3, -0.25) is 8.51 Å². The lowest BCUT2D eigenvalue weighted by Crippen LogP contribution is -2.21. The van der Waals surface area contributed by atoms with E-state index in [0.717, 1.165) is 21.9 Å². The minimum absolute atomic E-state index is 0.0207. The number of nitrogens with zero attached hydrogens (tertiary/aromatic N) is 1. The average Bonchev–Trinajstić information content (AvgIpc) is 3.08. The van der Waals surface area contributed by atoms with Gasteiger partial charge in [-0.1, -0.05) is 30.3 Å². The molecule has 3 aromatic rings. The summed E-state index contributed by atoms with van der Waals surface area (Å²) >= 11 is -1.84. The molecule has 1 heterocycles. The number of sulfone groups is 1. The van der Waals surface area contributed by atoms with E-state index in [-0.39, 0.29) is 15.5 Å². The summed E-state index contributed by atoms with van der Waals surface area (Å²) in [4.78, 5) is 12.3. The van der Waals surface area contributed by atoms with Crippen molar-refractivity contribution in [3.05, 3.63) is 65.0 Å². The second-order valence-corrected chi connectivity index (χ2v) is 10.1. The summed E-state index contributed by atoms with van der Waals surface area (Å²) in [5.41, 5.74) is 1.61. The van der Waals surface area contributed by atoms with Gasteiger partial charge >= 0.3 is 5.97 Å². The molecule has 1 atom stereocenters. The molecule has 0 aliphatic carbocycles. The molecule has 0 saturated heterocycles. The predicted molar refractivity (Wildman–Crippen MR) is 112 cm³/mol. The highest BCUT2D eigenvalue weighted by Gasteiger charge is 2.24. The number of carbonyl (C=O) groups is 1. The van der Waals surface area contributed by atoms with Crippen LogP contribution < -0.4 is 4.31 Å². The lowest BCUT2D eigenvalue weighted by molar-refractivity contribution is 0.0703. The van der Waals surface area contributed by atoms with Crippen LogP contribution >= 0.6 is 11.3 Å². The van der Waals surface area contributed by atoms with Gasteiger partial charge in [0.15, 0.2) is 9.84 Å². The Kier molecular flexibility index (Phi) is 5.90. The second kappa shape index (κ2) is 8.07. The lowest BCUT2D eigenvalue weighted by Gasteiger charge is -2.27. The molecule has 0 spiro atoms. The number of hydrogen-bond donors (Lipinski definition) is 1. The molecule has 0 aliphatic heterocycles. The minimum atomic E-state index is -3.36. The van der Waals surface area contributed by atoms with Crippen molar-refractivity contribution < 1.29 is 27.1 Å². The average molecular weight is 451 g/mol. The van der Waals surface area contributed by atoms with Gasteiger partial charge in [0.2, 0.25) is 0 Å². The Morgan fingerprint density at radius 2 is 1.72 bits per heavy atom. The van der Waals surface area contributed by atoms with Crippen LogP contribution in [-0.4, -0.2) is 34.5 Å². The Balaban J connectivity index is 2.15. The van der Waals surface area contributed by atoms with E-state index < -0.39 is 27.1 Å². The van der Waals surface area contributed by atoms with Crippen LogP contribution in [-0.2, 0) is 21.1 Å². The van der Waals surface area contributed by atoms with Crippen LogP contribution in [0, 0.1) is 6.92 Å². The van der Waals surface area contributed by atoms with Crippen LogP contribution in [0.15, 0.2) is 59.5 Å².